The van der Waals surface area contributed by atoms with E-state index in [1.165, 1.54) is 7.05 Å². The summed E-state index contributed by atoms with van der Waals surface area (Å²) in [6.45, 7) is -0.0377. The van der Waals surface area contributed by atoms with Crippen LogP contribution < -0.4 is 11.1 Å². The van der Waals surface area contributed by atoms with Gasteiger partial charge in [0.15, 0.2) is 0 Å². The van der Waals surface area contributed by atoms with E-state index >= 15 is 0 Å². The van der Waals surface area contributed by atoms with Gasteiger partial charge in [-0.05, 0) is 19.2 Å². The maximum Gasteiger partial charge on any atom is 0.322 e. The van der Waals surface area contributed by atoms with Gasteiger partial charge in [0.25, 0.3) is 0 Å². The molecule has 0 saturated carbocycles. The molecule has 0 aromatic heterocycles. The predicted molar refractivity (Wildman–Crippen MR) is 52.7 cm³/mol. The molecular formula is C9H14N2O2. The average molecular weight is 182 g/mol. The van der Waals surface area contributed by atoms with Crippen LogP contribution in [0.4, 0.5) is 5.69 Å². The highest BCUT2D eigenvalue weighted by Crippen LogP contribution is 2.03. The summed E-state index contributed by atoms with van der Waals surface area (Å²) in [6, 6.07) is 9.23. The van der Waals surface area contributed by atoms with Crippen LogP contribution in [0.2, 0.25) is 0 Å². The number of anilines is 1. The molecule has 1 rings (SSSR count). The lowest BCUT2D eigenvalue weighted by atomic mass is 10.3. The fraction of sp³-hybridized carbons (Fsp3) is 0.222. The first kappa shape index (κ1) is 11.4. The van der Waals surface area contributed by atoms with E-state index in [2.05, 4.69) is 11.1 Å². The van der Waals surface area contributed by atoms with Gasteiger partial charge in [0.05, 0.1) is 0 Å². The van der Waals surface area contributed by atoms with E-state index in [4.69, 9.17) is 5.11 Å². The van der Waals surface area contributed by atoms with E-state index in [0.29, 0.717) is 0 Å². The molecule has 0 radical (unpaired) electrons. The number of carboxylic acid groups (broad SMARTS) is 1. The number of aliphatic carboxylic acids is 1. The lowest BCUT2D eigenvalue weighted by Crippen LogP contribution is -2.11. The molecule has 0 aliphatic carbocycles. The first-order valence-corrected chi connectivity index (χ1v) is 3.87. The Morgan fingerprint density at radius 2 is 1.92 bits per heavy atom. The third-order valence-electron chi connectivity index (χ3n) is 1.22. The zero-order valence-corrected chi connectivity index (χ0v) is 7.53. The quantitative estimate of drug-likeness (QED) is 0.645. The summed E-state index contributed by atoms with van der Waals surface area (Å²) in [5.41, 5.74) is 5.33. The molecule has 0 fully saturated rings. The highest BCUT2D eigenvalue weighted by Gasteiger charge is 1.93. The van der Waals surface area contributed by atoms with Gasteiger partial charge in [0, 0.05) is 5.69 Å². The summed E-state index contributed by atoms with van der Waals surface area (Å²) >= 11 is 0. The first-order valence-electron chi connectivity index (χ1n) is 3.87. The predicted octanol–water partition coefficient (Wildman–Crippen LogP) is 0.758. The summed E-state index contributed by atoms with van der Waals surface area (Å²) in [7, 11) is 1.50. The fourth-order valence-electron chi connectivity index (χ4n) is 0.734. The number of benzene rings is 1. The minimum atomic E-state index is -0.853. The molecule has 1 aromatic rings. The van der Waals surface area contributed by atoms with E-state index in [-0.39, 0.29) is 6.54 Å². The van der Waals surface area contributed by atoms with Gasteiger partial charge in [0.2, 0.25) is 0 Å². The van der Waals surface area contributed by atoms with Crippen LogP contribution in [0, 0.1) is 0 Å². The van der Waals surface area contributed by atoms with Crippen molar-refractivity contribution in [2.24, 2.45) is 5.73 Å². The molecule has 1 aromatic carbocycles. The van der Waals surface area contributed by atoms with Gasteiger partial charge in [0.1, 0.15) is 6.54 Å². The van der Waals surface area contributed by atoms with Gasteiger partial charge in [-0.25, -0.2) is 0 Å². The molecule has 4 N–H and O–H groups in total. The number of nitrogens with one attached hydrogen (secondary N) is 1. The van der Waals surface area contributed by atoms with Gasteiger partial charge >= 0.3 is 5.97 Å². The Labute approximate surface area is 77.4 Å². The monoisotopic (exact) mass is 182 g/mol. The van der Waals surface area contributed by atoms with Crippen molar-refractivity contribution in [3.8, 4) is 0 Å². The van der Waals surface area contributed by atoms with Crippen LogP contribution in [0.15, 0.2) is 30.3 Å². The maximum atomic E-state index is 10.1. The Bertz CT molecular complexity index is 237. The molecule has 0 spiro atoms. The van der Waals surface area contributed by atoms with E-state index in [1.807, 2.05) is 30.3 Å². The first-order chi connectivity index (χ1) is 6.29. The molecule has 0 bridgehead atoms. The van der Waals surface area contributed by atoms with Crippen molar-refractivity contribution in [3.05, 3.63) is 30.3 Å². The Kier molecular flexibility index (Phi) is 6.27. The largest absolute Gasteiger partial charge is 0.480 e. The second-order valence-electron chi connectivity index (χ2n) is 2.11. The van der Waals surface area contributed by atoms with Crippen LogP contribution in [0.3, 0.4) is 0 Å². The highest BCUT2D eigenvalue weighted by molar-refractivity contribution is 5.72. The van der Waals surface area contributed by atoms with Crippen molar-refractivity contribution in [2.45, 2.75) is 0 Å². The second-order valence-corrected chi connectivity index (χ2v) is 2.11. The van der Waals surface area contributed by atoms with Gasteiger partial charge < -0.3 is 16.2 Å². The molecule has 0 saturated heterocycles. The standard InChI is InChI=1S/C8H9NO2.CH5N/c10-8(11)6-9-7-4-2-1-3-5-7;1-2/h1-5,9H,6H2,(H,10,11);2H2,1H3. The Balaban J connectivity index is 0.000000671. The highest BCUT2D eigenvalue weighted by atomic mass is 16.4. The SMILES string of the molecule is CN.O=C(O)CNc1ccccc1. The van der Waals surface area contributed by atoms with E-state index < -0.39 is 5.97 Å². The third-order valence-corrected chi connectivity index (χ3v) is 1.22. The maximum absolute atomic E-state index is 10.1. The van der Waals surface area contributed by atoms with Crippen LogP contribution in [0.5, 0.6) is 0 Å². The Morgan fingerprint density at radius 1 is 1.38 bits per heavy atom. The zero-order chi connectivity index (χ0) is 10.1. The molecule has 4 nitrogen and oxygen atoms in total. The van der Waals surface area contributed by atoms with Crippen LogP contribution >= 0.6 is 0 Å². The van der Waals surface area contributed by atoms with Crippen LogP contribution in [-0.4, -0.2) is 24.7 Å². The minimum absolute atomic E-state index is 0.0377. The topological polar surface area (TPSA) is 75.4 Å². The summed E-state index contributed by atoms with van der Waals surface area (Å²) < 4.78 is 0. The number of carboxylic acids is 1. The van der Waals surface area contributed by atoms with E-state index in [1.54, 1.807) is 0 Å². The number of hydrogen-bond acceptors (Lipinski definition) is 3. The van der Waals surface area contributed by atoms with Crippen molar-refractivity contribution in [1.82, 2.24) is 0 Å². The van der Waals surface area contributed by atoms with Crippen molar-refractivity contribution >= 4 is 11.7 Å². The summed E-state index contributed by atoms with van der Waals surface area (Å²) in [5.74, 6) is -0.853. The van der Waals surface area contributed by atoms with Gasteiger partial charge in [-0.15, -0.1) is 0 Å². The van der Waals surface area contributed by atoms with Gasteiger partial charge in [-0.2, -0.15) is 0 Å². The zero-order valence-electron chi connectivity index (χ0n) is 7.53. The normalized spacial score (nSPS) is 8.15. The number of hydrogen-bond donors (Lipinski definition) is 3. The van der Waals surface area contributed by atoms with Crippen molar-refractivity contribution in [3.63, 3.8) is 0 Å². The fourth-order valence-corrected chi connectivity index (χ4v) is 0.734. The molecule has 72 valence electrons. The summed E-state index contributed by atoms with van der Waals surface area (Å²) in [5, 5.41) is 11.1. The van der Waals surface area contributed by atoms with Crippen LogP contribution in [-0.2, 0) is 4.79 Å². The lowest BCUT2D eigenvalue weighted by molar-refractivity contribution is -0.134. The minimum Gasteiger partial charge on any atom is -0.480 e. The molecule has 13 heavy (non-hydrogen) atoms. The van der Waals surface area contributed by atoms with E-state index in [0.717, 1.165) is 5.69 Å². The van der Waals surface area contributed by atoms with Crippen LogP contribution in [0.1, 0.15) is 0 Å². The molecule has 4 heteroatoms. The number of rotatable bonds is 3. The van der Waals surface area contributed by atoms with Crippen molar-refractivity contribution < 1.29 is 9.90 Å². The molecule has 0 aliphatic heterocycles. The average Bonchev–Trinajstić information content (AvgIpc) is 2.19. The van der Waals surface area contributed by atoms with Crippen molar-refractivity contribution in [2.75, 3.05) is 18.9 Å². The van der Waals surface area contributed by atoms with E-state index in [9.17, 15) is 4.79 Å². The van der Waals surface area contributed by atoms with Gasteiger partial charge in [-0.1, -0.05) is 18.2 Å². The number of carbonyl (C=O) groups is 1. The molecule has 0 amide bonds. The lowest BCUT2D eigenvalue weighted by Gasteiger charge is -2.00. The third kappa shape index (κ3) is 5.69. The second kappa shape index (κ2) is 7.12. The summed E-state index contributed by atoms with van der Waals surface area (Å²) in [6.07, 6.45) is 0. The van der Waals surface area contributed by atoms with Crippen molar-refractivity contribution in [1.29, 1.82) is 0 Å². The van der Waals surface area contributed by atoms with Crippen LogP contribution in [0.25, 0.3) is 0 Å². The molecule has 0 aliphatic rings. The Hall–Kier alpha value is -1.55. The smallest absolute Gasteiger partial charge is 0.322 e. The molecule has 0 heterocycles. The number of nitrogens with two attached hydrogens (primary N) is 1. The molecular weight excluding hydrogens is 168 g/mol. The Morgan fingerprint density at radius 3 is 2.38 bits per heavy atom. The summed E-state index contributed by atoms with van der Waals surface area (Å²) in [4.78, 5) is 10.1. The molecule has 0 unspecified atom stereocenters. The van der Waals surface area contributed by atoms with Gasteiger partial charge in [-0.3, -0.25) is 4.79 Å². The molecule has 0 atom stereocenters. The number of para-hydroxylation sites is 1.